The number of ether oxygens (including phenoxy) is 2. The molecular weight excluding hydrogens is 406 g/mol. The number of fused-ring (bicyclic) bond motifs is 1. The molecule has 2 atom stereocenters. The van der Waals surface area contributed by atoms with Crippen molar-refractivity contribution in [3.05, 3.63) is 71.2 Å². The van der Waals surface area contributed by atoms with Crippen molar-refractivity contribution < 1.29 is 14.3 Å². The Kier molecular flexibility index (Phi) is 5.67. The van der Waals surface area contributed by atoms with Crippen molar-refractivity contribution in [1.29, 1.82) is 0 Å². The van der Waals surface area contributed by atoms with Gasteiger partial charge in [0.15, 0.2) is 6.10 Å². The highest BCUT2D eigenvalue weighted by atomic mass is 35.5. The highest BCUT2D eigenvalue weighted by Crippen LogP contribution is 2.26. The third kappa shape index (κ3) is 4.28. The fraction of sp³-hybridized carbons (Fsp3) is 0.238. The molecule has 2 unspecified atom stereocenters. The van der Waals surface area contributed by atoms with Gasteiger partial charge in [-0.05, 0) is 48.0 Å². The summed E-state index contributed by atoms with van der Waals surface area (Å²) < 4.78 is 11.6. The number of aliphatic imine (C=N–C) groups is 1. The Hall–Kier alpha value is -3.39. The first-order valence-electron chi connectivity index (χ1n) is 9.30. The third-order valence-electron chi connectivity index (χ3n) is 4.59. The van der Waals surface area contributed by atoms with E-state index in [-0.39, 0.29) is 18.4 Å². The summed E-state index contributed by atoms with van der Waals surface area (Å²) in [6, 6.07) is 10.7. The minimum absolute atomic E-state index is 0.142. The van der Waals surface area contributed by atoms with Crippen LogP contribution in [-0.2, 0) is 16.1 Å². The van der Waals surface area contributed by atoms with Crippen molar-refractivity contribution in [2.75, 3.05) is 14.1 Å². The van der Waals surface area contributed by atoms with Crippen LogP contribution in [0.1, 0.15) is 16.1 Å². The Bertz CT molecular complexity index is 1030. The van der Waals surface area contributed by atoms with Crippen LogP contribution in [0, 0.1) is 5.92 Å². The van der Waals surface area contributed by atoms with Crippen LogP contribution in [0.2, 0.25) is 5.02 Å². The number of carbonyl (C=O) groups excluding carboxylic acids is 1. The van der Waals surface area contributed by atoms with Crippen molar-refractivity contribution >= 4 is 34.9 Å². The molecule has 9 heteroatoms. The van der Waals surface area contributed by atoms with E-state index in [1.807, 2.05) is 18.2 Å². The molecule has 1 N–H and O–H groups in total. The Labute approximate surface area is 178 Å². The van der Waals surface area contributed by atoms with Gasteiger partial charge in [-0.2, -0.15) is 0 Å². The first-order valence-corrected chi connectivity index (χ1v) is 9.68. The van der Waals surface area contributed by atoms with Crippen LogP contribution in [0.25, 0.3) is 0 Å². The molecule has 0 fully saturated rings. The van der Waals surface area contributed by atoms with Gasteiger partial charge < -0.3 is 14.4 Å². The van der Waals surface area contributed by atoms with Gasteiger partial charge in [0.1, 0.15) is 18.1 Å². The number of nitrogens with one attached hydrogen (secondary N) is 1. The summed E-state index contributed by atoms with van der Waals surface area (Å²) in [5.41, 5.74) is 4.89. The molecular formula is C21H20ClN5O3. The summed E-state index contributed by atoms with van der Waals surface area (Å²) in [7, 11) is 3.37. The molecule has 0 saturated carbocycles. The van der Waals surface area contributed by atoms with Crippen LogP contribution >= 0.6 is 11.6 Å². The quantitative estimate of drug-likeness (QED) is 0.813. The van der Waals surface area contributed by atoms with Crippen LogP contribution in [0.3, 0.4) is 0 Å². The SMILES string of the molecule is CN(C)C(=O)c1cc(COC2=NNC(=Nc3ccc(Cl)cc3)C3C=COC23)ccn1. The highest BCUT2D eigenvalue weighted by molar-refractivity contribution is 6.30. The van der Waals surface area contributed by atoms with Gasteiger partial charge in [0, 0.05) is 25.3 Å². The van der Waals surface area contributed by atoms with Gasteiger partial charge >= 0.3 is 0 Å². The molecule has 8 nitrogen and oxygen atoms in total. The van der Waals surface area contributed by atoms with Gasteiger partial charge in [0.2, 0.25) is 5.90 Å². The summed E-state index contributed by atoms with van der Waals surface area (Å²) in [5.74, 6) is 0.764. The zero-order chi connectivity index (χ0) is 21.1. The van der Waals surface area contributed by atoms with E-state index in [9.17, 15) is 4.79 Å². The molecule has 1 aromatic carbocycles. The number of hydrogen-bond donors (Lipinski definition) is 1. The summed E-state index contributed by atoms with van der Waals surface area (Å²) in [5, 5.41) is 4.95. The maximum atomic E-state index is 12.1. The smallest absolute Gasteiger partial charge is 0.271 e. The predicted octanol–water partition coefficient (Wildman–Crippen LogP) is 3.13. The zero-order valence-corrected chi connectivity index (χ0v) is 17.2. The second-order valence-corrected chi connectivity index (χ2v) is 7.42. The van der Waals surface area contributed by atoms with E-state index in [2.05, 4.69) is 20.5 Å². The van der Waals surface area contributed by atoms with Crippen LogP contribution in [0.15, 0.2) is 65.0 Å². The molecule has 30 heavy (non-hydrogen) atoms. The molecule has 0 bridgehead atoms. The standard InChI is InChI=1S/C21H20ClN5O3/c1-27(2)21(28)17-11-13(7-9-23-17)12-30-20-18-16(8-10-29-18)19(25-26-20)24-15-5-3-14(22)4-6-15/h3-11,16,18H,12H2,1-2H3,(H,24,25). The lowest BCUT2D eigenvalue weighted by molar-refractivity contribution is 0.0821. The minimum Gasteiger partial charge on any atom is -0.487 e. The highest BCUT2D eigenvalue weighted by Gasteiger charge is 2.38. The summed E-state index contributed by atoms with van der Waals surface area (Å²) in [4.78, 5) is 22.3. The van der Waals surface area contributed by atoms with Crippen molar-refractivity contribution in [3.63, 3.8) is 0 Å². The molecule has 1 aromatic heterocycles. The lowest BCUT2D eigenvalue weighted by atomic mass is 10.0. The van der Waals surface area contributed by atoms with Gasteiger partial charge in [-0.1, -0.05) is 11.6 Å². The number of hydrazone groups is 1. The van der Waals surface area contributed by atoms with Crippen LogP contribution in [0.5, 0.6) is 0 Å². The Morgan fingerprint density at radius 2 is 2.10 bits per heavy atom. The fourth-order valence-corrected chi connectivity index (χ4v) is 3.16. The first kappa shape index (κ1) is 19.9. The van der Waals surface area contributed by atoms with Gasteiger partial charge in [-0.25, -0.2) is 4.99 Å². The Morgan fingerprint density at radius 3 is 2.87 bits per heavy atom. The third-order valence-corrected chi connectivity index (χ3v) is 4.84. The number of amides is 1. The number of hydrogen-bond acceptors (Lipinski definition) is 6. The van der Waals surface area contributed by atoms with E-state index in [1.54, 1.807) is 50.8 Å². The molecule has 3 heterocycles. The Balaban J connectivity index is 1.47. The fourth-order valence-electron chi connectivity index (χ4n) is 3.03. The van der Waals surface area contributed by atoms with E-state index >= 15 is 0 Å². The van der Waals surface area contributed by atoms with Gasteiger partial charge in [-0.3, -0.25) is 15.2 Å². The van der Waals surface area contributed by atoms with E-state index in [1.165, 1.54) is 4.90 Å². The second-order valence-electron chi connectivity index (χ2n) is 6.98. The monoisotopic (exact) mass is 425 g/mol. The number of nitrogens with zero attached hydrogens (tertiary/aromatic N) is 4. The summed E-state index contributed by atoms with van der Waals surface area (Å²) >= 11 is 5.93. The van der Waals surface area contributed by atoms with Crippen LogP contribution in [-0.4, -0.2) is 47.7 Å². The largest absolute Gasteiger partial charge is 0.487 e. The number of aromatic nitrogens is 1. The van der Waals surface area contributed by atoms with Crippen molar-refractivity contribution in [2.24, 2.45) is 16.0 Å². The maximum absolute atomic E-state index is 12.1. The lowest BCUT2D eigenvalue weighted by Gasteiger charge is -2.26. The first-order chi connectivity index (χ1) is 14.5. The number of rotatable bonds is 4. The average Bonchev–Trinajstić information content (AvgIpc) is 3.25. The zero-order valence-electron chi connectivity index (χ0n) is 16.4. The maximum Gasteiger partial charge on any atom is 0.271 e. The summed E-state index contributed by atoms with van der Waals surface area (Å²) in [6.45, 7) is 0.229. The van der Waals surface area contributed by atoms with Crippen LogP contribution in [0.4, 0.5) is 5.69 Å². The predicted molar refractivity (Wildman–Crippen MR) is 114 cm³/mol. The molecule has 1 amide bonds. The molecule has 154 valence electrons. The van der Waals surface area contributed by atoms with E-state index in [0.29, 0.717) is 22.4 Å². The van der Waals surface area contributed by atoms with Crippen molar-refractivity contribution in [1.82, 2.24) is 15.3 Å². The van der Waals surface area contributed by atoms with E-state index in [0.717, 1.165) is 11.3 Å². The molecule has 2 aliphatic heterocycles. The number of pyridine rings is 1. The molecule has 0 spiro atoms. The normalized spacial score (nSPS) is 20.8. The second kappa shape index (κ2) is 8.54. The topological polar surface area (TPSA) is 88.4 Å². The van der Waals surface area contributed by atoms with Crippen molar-refractivity contribution in [2.45, 2.75) is 12.7 Å². The minimum atomic E-state index is -0.401. The number of carbonyl (C=O) groups is 1. The lowest BCUT2D eigenvalue weighted by Crippen LogP contribution is -2.44. The molecule has 0 saturated heterocycles. The molecule has 2 aromatic rings. The van der Waals surface area contributed by atoms with Crippen LogP contribution < -0.4 is 5.43 Å². The molecule has 4 rings (SSSR count). The molecule has 0 radical (unpaired) electrons. The van der Waals surface area contributed by atoms with Gasteiger partial charge in [-0.15, -0.1) is 5.10 Å². The van der Waals surface area contributed by atoms with E-state index in [4.69, 9.17) is 21.1 Å². The van der Waals surface area contributed by atoms with Gasteiger partial charge in [0.25, 0.3) is 5.91 Å². The summed E-state index contributed by atoms with van der Waals surface area (Å²) in [6.07, 6.45) is 4.72. The molecule has 0 aliphatic carbocycles. The molecule has 2 aliphatic rings. The number of halogens is 1. The number of amidine groups is 1. The Morgan fingerprint density at radius 1 is 1.30 bits per heavy atom. The van der Waals surface area contributed by atoms with Gasteiger partial charge in [0.05, 0.1) is 17.9 Å². The van der Waals surface area contributed by atoms with E-state index < -0.39 is 6.10 Å². The number of benzene rings is 1. The average molecular weight is 426 g/mol. The van der Waals surface area contributed by atoms with Crippen molar-refractivity contribution in [3.8, 4) is 0 Å².